The Morgan fingerprint density at radius 2 is 2.05 bits per heavy atom. The van der Waals surface area contributed by atoms with E-state index < -0.39 is 0 Å². The Labute approximate surface area is 123 Å². The highest BCUT2D eigenvalue weighted by atomic mass is 16.5. The molecule has 1 heterocycles. The van der Waals surface area contributed by atoms with Crippen LogP contribution in [0.1, 0.15) is 39.5 Å². The van der Waals surface area contributed by atoms with Gasteiger partial charge < -0.3 is 19.7 Å². The Morgan fingerprint density at radius 3 is 2.60 bits per heavy atom. The first-order valence-corrected chi connectivity index (χ1v) is 7.86. The highest BCUT2D eigenvalue weighted by Crippen LogP contribution is 2.13. The molecular weight excluding hydrogens is 256 g/mol. The summed E-state index contributed by atoms with van der Waals surface area (Å²) in [5.74, 6) is -0.118. The normalized spacial score (nSPS) is 18.9. The van der Waals surface area contributed by atoms with Crippen molar-refractivity contribution in [2.24, 2.45) is 0 Å². The SMILES string of the molecule is CCCNC(CCN1CCC(OC)CC1)C(=O)OCC. The van der Waals surface area contributed by atoms with E-state index in [1.165, 1.54) is 0 Å². The summed E-state index contributed by atoms with van der Waals surface area (Å²) in [6, 6.07) is -0.171. The molecule has 118 valence electrons. The van der Waals surface area contributed by atoms with Crippen LogP contribution in [0.3, 0.4) is 0 Å². The van der Waals surface area contributed by atoms with E-state index in [-0.39, 0.29) is 12.0 Å². The summed E-state index contributed by atoms with van der Waals surface area (Å²) >= 11 is 0. The number of likely N-dealkylation sites (tertiary alicyclic amines) is 1. The van der Waals surface area contributed by atoms with Crippen molar-refractivity contribution in [3.8, 4) is 0 Å². The van der Waals surface area contributed by atoms with Gasteiger partial charge in [0.1, 0.15) is 6.04 Å². The monoisotopic (exact) mass is 286 g/mol. The minimum Gasteiger partial charge on any atom is -0.465 e. The molecule has 1 unspecified atom stereocenters. The van der Waals surface area contributed by atoms with E-state index in [0.717, 1.165) is 51.9 Å². The molecule has 1 atom stereocenters. The van der Waals surface area contributed by atoms with E-state index in [1.807, 2.05) is 6.92 Å². The molecule has 5 heteroatoms. The van der Waals surface area contributed by atoms with Gasteiger partial charge in [-0.3, -0.25) is 4.79 Å². The molecule has 0 radical (unpaired) electrons. The topological polar surface area (TPSA) is 50.8 Å². The van der Waals surface area contributed by atoms with E-state index in [4.69, 9.17) is 9.47 Å². The highest BCUT2D eigenvalue weighted by molar-refractivity contribution is 5.75. The Bertz CT molecular complexity index is 266. The predicted octanol–water partition coefficient (Wildman–Crippen LogP) is 1.42. The lowest BCUT2D eigenvalue weighted by atomic mass is 10.1. The number of piperidine rings is 1. The van der Waals surface area contributed by atoms with Crippen LogP contribution in [0, 0.1) is 0 Å². The molecule has 1 saturated heterocycles. The van der Waals surface area contributed by atoms with Crippen molar-refractivity contribution in [2.75, 3.05) is 39.9 Å². The molecule has 0 spiro atoms. The average Bonchev–Trinajstić information content (AvgIpc) is 2.48. The third kappa shape index (κ3) is 6.20. The number of nitrogens with one attached hydrogen (secondary N) is 1. The Balaban J connectivity index is 2.32. The molecule has 1 aliphatic rings. The second kappa shape index (κ2) is 10.1. The summed E-state index contributed by atoms with van der Waals surface area (Å²) in [6.07, 6.45) is 4.42. The summed E-state index contributed by atoms with van der Waals surface area (Å²) in [6.45, 7) is 8.31. The number of hydrogen-bond acceptors (Lipinski definition) is 5. The zero-order valence-electron chi connectivity index (χ0n) is 13.2. The molecule has 0 aromatic rings. The number of carbonyl (C=O) groups is 1. The highest BCUT2D eigenvalue weighted by Gasteiger charge is 2.22. The minimum absolute atomic E-state index is 0.118. The standard InChI is InChI=1S/C15H30N2O3/c1-4-9-16-14(15(18)20-5-2)8-12-17-10-6-13(19-3)7-11-17/h13-14,16H,4-12H2,1-3H3. The van der Waals surface area contributed by atoms with Crippen molar-refractivity contribution >= 4 is 5.97 Å². The third-order valence-electron chi connectivity index (χ3n) is 3.81. The lowest BCUT2D eigenvalue weighted by Gasteiger charge is -2.32. The van der Waals surface area contributed by atoms with E-state index in [0.29, 0.717) is 12.7 Å². The maximum Gasteiger partial charge on any atom is 0.323 e. The van der Waals surface area contributed by atoms with Gasteiger partial charge in [0.05, 0.1) is 12.7 Å². The summed E-state index contributed by atoms with van der Waals surface area (Å²) in [4.78, 5) is 14.3. The van der Waals surface area contributed by atoms with Crippen molar-refractivity contribution in [1.82, 2.24) is 10.2 Å². The largest absolute Gasteiger partial charge is 0.465 e. The third-order valence-corrected chi connectivity index (χ3v) is 3.81. The van der Waals surface area contributed by atoms with Crippen molar-refractivity contribution < 1.29 is 14.3 Å². The van der Waals surface area contributed by atoms with E-state index in [1.54, 1.807) is 7.11 Å². The zero-order valence-corrected chi connectivity index (χ0v) is 13.2. The minimum atomic E-state index is -0.171. The van der Waals surface area contributed by atoms with Gasteiger partial charge in [0.2, 0.25) is 0 Å². The van der Waals surface area contributed by atoms with Crippen LogP contribution in [0.25, 0.3) is 0 Å². The van der Waals surface area contributed by atoms with Crippen LogP contribution in [0.5, 0.6) is 0 Å². The lowest BCUT2D eigenvalue weighted by Crippen LogP contribution is -2.43. The van der Waals surface area contributed by atoms with Gasteiger partial charge in [0.25, 0.3) is 0 Å². The maximum absolute atomic E-state index is 11.9. The van der Waals surface area contributed by atoms with Crippen molar-refractivity contribution in [3.63, 3.8) is 0 Å². The number of nitrogens with zero attached hydrogens (tertiary/aromatic N) is 1. The predicted molar refractivity (Wildman–Crippen MR) is 79.8 cm³/mol. The number of methoxy groups -OCH3 is 1. The Hall–Kier alpha value is -0.650. The van der Waals surface area contributed by atoms with Crippen LogP contribution >= 0.6 is 0 Å². The fraction of sp³-hybridized carbons (Fsp3) is 0.933. The fourth-order valence-electron chi connectivity index (χ4n) is 2.54. The smallest absolute Gasteiger partial charge is 0.323 e. The molecule has 1 fully saturated rings. The van der Waals surface area contributed by atoms with E-state index in [9.17, 15) is 4.79 Å². The molecule has 0 saturated carbocycles. The molecule has 1 N–H and O–H groups in total. The molecule has 5 nitrogen and oxygen atoms in total. The number of ether oxygens (including phenoxy) is 2. The van der Waals surface area contributed by atoms with Crippen LogP contribution in [0.2, 0.25) is 0 Å². The molecule has 1 rings (SSSR count). The second-order valence-corrected chi connectivity index (χ2v) is 5.32. The Morgan fingerprint density at radius 1 is 1.35 bits per heavy atom. The molecule has 0 bridgehead atoms. The fourth-order valence-corrected chi connectivity index (χ4v) is 2.54. The van der Waals surface area contributed by atoms with Gasteiger partial charge in [-0.05, 0) is 39.2 Å². The summed E-state index contributed by atoms with van der Waals surface area (Å²) < 4.78 is 10.5. The first-order chi connectivity index (χ1) is 9.71. The summed E-state index contributed by atoms with van der Waals surface area (Å²) in [5, 5.41) is 3.29. The summed E-state index contributed by atoms with van der Waals surface area (Å²) in [5.41, 5.74) is 0. The number of esters is 1. The average molecular weight is 286 g/mol. The van der Waals surface area contributed by atoms with Gasteiger partial charge in [0.15, 0.2) is 0 Å². The van der Waals surface area contributed by atoms with Crippen LogP contribution < -0.4 is 5.32 Å². The van der Waals surface area contributed by atoms with Gasteiger partial charge >= 0.3 is 5.97 Å². The van der Waals surface area contributed by atoms with E-state index >= 15 is 0 Å². The van der Waals surface area contributed by atoms with Crippen molar-refractivity contribution in [2.45, 2.75) is 51.7 Å². The van der Waals surface area contributed by atoms with E-state index in [2.05, 4.69) is 17.1 Å². The lowest BCUT2D eigenvalue weighted by molar-refractivity contribution is -0.146. The molecule has 0 aromatic carbocycles. The van der Waals surface area contributed by atoms with Gasteiger partial charge in [-0.1, -0.05) is 6.92 Å². The van der Waals surface area contributed by atoms with Crippen LogP contribution in [0.15, 0.2) is 0 Å². The number of carbonyl (C=O) groups excluding carboxylic acids is 1. The second-order valence-electron chi connectivity index (χ2n) is 5.32. The van der Waals surface area contributed by atoms with Gasteiger partial charge in [0, 0.05) is 26.7 Å². The molecule has 1 aliphatic heterocycles. The number of hydrogen-bond donors (Lipinski definition) is 1. The molecular formula is C15H30N2O3. The van der Waals surface area contributed by atoms with Crippen LogP contribution in [0.4, 0.5) is 0 Å². The zero-order chi connectivity index (χ0) is 14.8. The van der Waals surface area contributed by atoms with Gasteiger partial charge in [-0.15, -0.1) is 0 Å². The number of rotatable bonds is 9. The van der Waals surface area contributed by atoms with Gasteiger partial charge in [-0.25, -0.2) is 0 Å². The molecule has 0 aliphatic carbocycles. The van der Waals surface area contributed by atoms with Crippen LogP contribution in [-0.4, -0.2) is 62.9 Å². The first kappa shape index (κ1) is 17.4. The molecule has 20 heavy (non-hydrogen) atoms. The van der Waals surface area contributed by atoms with Gasteiger partial charge in [-0.2, -0.15) is 0 Å². The van der Waals surface area contributed by atoms with Crippen molar-refractivity contribution in [3.05, 3.63) is 0 Å². The van der Waals surface area contributed by atoms with Crippen molar-refractivity contribution in [1.29, 1.82) is 0 Å². The molecule has 0 amide bonds. The first-order valence-electron chi connectivity index (χ1n) is 7.86. The quantitative estimate of drug-likeness (QED) is 0.650. The van der Waals surface area contributed by atoms with Crippen LogP contribution in [-0.2, 0) is 14.3 Å². The maximum atomic E-state index is 11.9. The Kier molecular flexibility index (Phi) is 8.82. The molecule has 0 aromatic heterocycles. The summed E-state index contributed by atoms with van der Waals surface area (Å²) in [7, 11) is 1.78.